The Morgan fingerprint density at radius 3 is 2.56 bits per heavy atom. The van der Waals surface area contributed by atoms with Gasteiger partial charge in [0.05, 0.1) is 18.2 Å². The lowest BCUT2D eigenvalue weighted by atomic mass is 9.45. The fourth-order valence-corrected chi connectivity index (χ4v) is 9.07. The number of nitrogens with one attached hydrogen (secondary N) is 1. The van der Waals surface area contributed by atoms with Gasteiger partial charge in [-0.2, -0.15) is 0 Å². The molecule has 4 aliphatic carbocycles. The van der Waals surface area contributed by atoms with E-state index in [1.807, 2.05) is 43.3 Å². The molecule has 0 aromatic heterocycles. The van der Waals surface area contributed by atoms with Crippen molar-refractivity contribution < 1.29 is 39.6 Å². The van der Waals surface area contributed by atoms with Gasteiger partial charge in [0.2, 0.25) is 0 Å². The number of nitrogens with zero attached hydrogens (tertiary/aromatic N) is 1. The quantitative estimate of drug-likeness (QED) is 0.257. The molecular weight excluding hydrogens is 552 g/mol. The minimum absolute atomic E-state index is 0.00578. The number of allylic oxidation sites excluding steroid dienone is 2. The van der Waals surface area contributed by atoms with Crippen LogP contribution in [-0.2, 0) is 19.2 Å². The summed E-state index contributed by atoms with van der Waals surface area (Å²) < 4.78 is 0. The van der Waals surface area contributed by atoms with Gasteiger partial charge < -0.3 is 30.6 Å². The lowest BCUT2D eigenvalue weighted by Gasteiger charge is -2.60. The summed E-state index contributed by atoms with van der Waals surface area (Å²) in [5.41, 5.74) is 0.157. The third-order valence-electron chi connectivity index (χ3n) is 11.3. The van der Waals surface area contributed by atoms with Crippen molar-refractivity contribution in [2.75, 3.05) is 19.8 Å². The van der Waals surface area contributed by atoms with Gasteiger partial charge in [-0.05, 0) is 79.8 Å². The van der Waals surface area contributed by atoms with E-state index >= 15 is 0 Å². The van der Waals surface area contributed by atoms with Gasteiger partial charge in [-0.25, -0.2) is 0 Å². The number of carboxylic acids is 1. The molecule has 0 radical (unpaired) electrons. The summed E-state index contributed by atoms with van der Waals surface area (Å²) in [7, 11) is 0. The van der Waals surface area contributed by atoms with Crippen LogP contribution in [0, 0.1) is 28.6 Å². The fourth-order valence-electron chi connectivity index (χ4n) is 9.07. The number of ketones is 1. The summed E-state index contributed by atoms with van der Waals surface area (Å²) in [6, 6.07) is 9.22. The molecular formula is C33H44N2O8. The van der Waals surface area contributed by atoms with Gasteiger partial charge in [-0.1, -0.05) is 54.9 Å². The van der Waals surface area contributed by atoms with Gasteiger partial charge in [0.15, 0.2) is 12.4 Å². The van der Waals surface area contributed by atoms with Crippen molar-refractivity contribution in [3.63, 3.8) is 0 Å². The maximum atomic E-state index is 12.6. The zero-order chi connectivity index (χ0) is 31.0. The Morgan fingerprint density at radius 2 is 1.86 bits per heavy atom. The molecule has 43 heavy (non-hydrogen) atoms. The third kappa shape index (κ3) is 5.65. The predicted molar refractivity (Wildman–Crippen MR) is 158 cm³/mol. The topological polar surface area (TPSA) is 166 Å². The molecule has 1 amide bonds. The van der Waals surface area contributed by atoms with Crippen LogP contribution in [0.2, 0.25) is 0 Å². The molecule has 0 unspecified atom stereocenters. The lowest BCUT2D eigenvalue weighted by Crippen LogP contribution is -2.62. The average molecular weight is 597 g/mol. The Hall–Kier alpha value is -3.08. The first-order valence-electron chi connectivity index (χ1n) is 15.4. The maximum absolute atomic E-state index is 12.6. The van der Waals surface area contributed by atoms with Gasteiger partial charge in [0.1, 0.15) is 12.2 Å². The fraction of sp³-hybridized carbons (Fsp3) is 0.636. The second-order valence-corrected chi connectivity index (χ2v) is 13.5. The minimum atomic E-state index is -1.61. The van der Waals surface area contributed by atoms with Crippen molar-refractivity contribution in [3.05, 3.63) is 47.5 Å². The van der Waals surface area contributed by atoms with E-state index in [0.717, 1.165) is 30.5 Å². The molecule has 1 aromatic carbocycles. The monoisotopic (exact) mass is 596 g/mol. The van der Waals surface area contributed by atoms with E-state index in [9.17, 15) is 34.8 Å². The maximum Gasteiger partial charge on any atom is 0.304 e. The normalized spacial score (nSPS) is 36.5. The van der Waals surface area contributed by atoms with E-state index in [1.165, 1.54) is 5.57 Å². The van der Waals surface area contributed by atoms with Gasteiger partial charge in [-0.15, -0.1) is 0 Å². The SMILES string of the molecule is C[C@]12CC/C(=N\OCC(=O)NC[C@H](CC(=O)O)c3ccccc3)C=C1CC[C@H]1[C@H]2[C@@H](O)C[C@@]2(C)[C@@H]1CC[C@]2(O)C(=O)CO. The first kappa shape index (κ1) is 31.3. The van der Waals surface area contributed by atoms with Gasteiger partial charge in [0.25, 0.3) is 5.91 Å². The van der Waals surface area contributed by atoms with E-state index in [4.69, 9.17) is 4.84 Å². The average Bonchev–Trinajstić information content (AvgIpc) is 3.25. The summed E-state index contributed by atoms with van der Waals surface area (Å²) in [6.45, 7) is 3.31. The van der Waals surface area contributed by atoms with E-state index in [-0.39, 0.29) is 54.6 Å². The molecule has 10 nitrogen and oxygen atoms in total. The highest BCUT2D eigenvalue weighted by Crippen LogP contribution is 2.67. The molecule has 0 spiro atoms. The summed E-state index contributed by atoms with van der Waals surface area (Å²) >= 11 is 0. The van der Waals surface area contributed by atoms with Crippen molar-refractivity contribution >= 4 is 23.4 Å². The second kappa shape index (κ2) is 12.1. The number of carboxylic acid groups (broad SMARTS) is 1. The Labute approximate surface area is 252 Å². The molecule has 8 atom stereocenters. The van der Waals surface area contributed by atoms with Crippen LogP contribution < -0.4 is 5.32 Å². The van der Waals surface area contributed by atoms with Crippen molar-refractivity contribution in [1.82, 2.24) is 5.32 Å². The predicted octanol–water partition coefficient (Wildman–Crippen LogP) is 2.96. The number of hydrogen-bond acceptors (Lipinski definition) is 8. The molecule has 0 heterocycles. The zero-order valence-corrected chi connectivity index (χ0v) is 25.0. The summed E-state index contributed by atoms with van der Waals surface area (Å²) in [5.74, 6) is -1.97. The van der Waals surface area contributed by atoms with Crippen LogP contribution in [0.1, 0.15) is 76.7 Å². The molecule has 0 aliphatic heterocycles. The van der Waals surface area contributed by atoms with Crippen LogP contribution in [0.3, 0.4) is 0 Å². The Balaban J connectivity index is 1.21. The number of aliphatic hydroxyl groups is 3. The number of amides is 1. The van der Waals surface area contributed by atoms with Crippen molar-refractivity contribution in [2.45, 2.75) is 82.8 Å². The number of hydrogen-bond donors (Lipinski definition) is 5. The molecule has 3 fully saturated rings. The van der Waals surface area contributed by atoms with Gasteiger partial charge >= 0.3 is 5.97 Å². The molecule has 5 N–H and O–H groups in total. The molecule has 10 heteroatoms. The number of carbonyl (C=O) groups is 3. The number of fused-ring (bicyclic) bond motifs is 5. The van der Waals surface area contributed by atoms with E-state index in [0.29, 0.717) is 25.7 Å². The minimum Gasteiger partial charge on any atom is -0.481 e. The largest absolute Gasteiger partial charge is 0.481 e. The number of Topliss-reactive ketones (excluding diaryl/α,β-unsaturated/α-hetero) is 1. The first-order chi connectivity index (χ1) is 20.4. The highest BCUT2D eigenvalue weighted by atomic mass is 16.6. The molecule has 4 aliphatic rings. The molecule has 0 saturated heterocycles. The number of carbonyl (C=O) groups excluding carboxylic acids is 2. The van der Waals surface area contributed by atoms with Gasteiger partial charge in [-0.3, -0.25) is 14.4 Å². The number of oxime groups is 1. The molecule has 234 valence electrons. The highest BCUT2D eigenvalue weighted by molar-refractivity contribution is 5.96. The van der Waals surface area contributed by atoms with E-state index < -0.39 is 35.5 Å². The summed E-state index contributed by atoms with van der Waals surface area (Å²) in [5, 5.41) is 48.8. The number of rotatable bonds is 10. The van der Waals surface area contributed by atoms with Crippen LogP contribution in [-0.4, -0.2) is 75.3 Å². The summed E-state index contributed by atoms with van der Waals surface area (Å²) in [6.07, 6.45) is 5.63. The van der Waals surface area contributed by atoms with E-state index in [2.05, 4.69) is 17.4 Å². The first-order valence-corrected chi connectivity index (χ1v) is 15.4. The Kier molecular flexibility index (Phi) is 8.84. The van der Waals surface area contributed by atoms with Crippen molar-refractivity contribution in [3.8, 4) is 0 Å². The Bertz CT molecular complexity index is 1300. The summed E-state index contributed by atoms with van der Waals surface area (Å²) in [4.78, 5) is 41.8. The highest BCUT2D eigenvalue weighted by Gasteiger charge is 2.68. The smallest absolute Gasteiger partial charge is 0.304 e. The molecule has 5 rings (SSSR count). The van der Waals surface area contributed by atoms with Crippen LogP contribution in [0.15, 0.2) is 47.1 Å². The number of benzene rings is 1. The molecule has 3 saturated carbocycles. The van der Waals surface area contributed by atoms with E-state index in [1.54, 1.807) is 0 Å². The Morgan fingerprint density at radius 1 is 1.12 bits per heavy atom. The number of aliphatic carboxylic acids is 1. The van der Waals surface area contributed by atoms with Crippen molar-refractivity contribution in [2.24, 2.45) is 33.7 Å². The second-order valence-electron chi connectivity index (χ2n) is 13.5. The van der Waals surface area contributed by atoms with Crippen LogP contribution in [0.5, 0.6) is 0 Å². The van der Waals surface area contributed by atoms with Crippen LogP contribution in [0.25, 0.3) is 0 Å². The van der Waals surface area contributed by atoms with Gasteiger partial charge in [0, 0.05) is 17.9 Å². The zero-order valence-electron chi connectivity index (χ0n) is 25.0. The van der Waals surface area contributed by atoms with Crippen LogP contribution >= 0.6 is 0 Å². The molecule has 0 bridgehead atoms. The van der Waals surface area contributed by atoms with Crippen molar-refractivity contribution in [1.29, 1.82) is 0 Å². The third-order valence-corrected chi connectivity index (χ3v) is 11.3. The lowest BCUT2D eigenvalue weighted by molar-refractivity contribution is -0.181. The molecule has 1 aromatic rings. The number of aliphatic hydroxyl groups excluding tert-OH is 2. The van der Waals surface area contributed by atoms with Crippen LogP contribution in [0.4, 0.5) is 0 Å². The standard InChI is InChI=1S/C33H44N2O8/c1-31-12-10-23(35-43-19-28(39)34-17-21(14-29(40)41)20-6-4-3-5-7-20)15-22(31)8-9-24-25-11-13-33(42,27(38)18-36)32(25,2)16-26(37)30(24)31/h3-7,15,21,24-26,30,36-37,42H,8-14,16-19H2,1-2H3,(H,34,39)(H,40,41)/b35-23+/t21-,24+,25+,26-,30-,31-,32-,33-/m0/s1.